The van der Waals surface area contributed by atoms with E-state index in [1.54, 1.807) is 0 Å². The highest BCUT2D eigenvalue weighted by Crippen LogP contribution is 2.39. The molecule has 0 unspecified atom stereocenters. The maximum absolute atomic E-state index is 12.1. The summed E-state index contributed by atoms with van der Waals surface area (Å²) in [6.07, 6.45) is 2.39. The molecule has 0 aromatic rings. The van der Waals surface area contributed by atoms with E-state index in [4.69, 9.17) is 4.74 Å². The number of ether oxygens (including phenoxy) is 1. The Kier molecular flexibility index (Phi) is 4.12. The lowest BCUT2D eigenvalue weighted by molar-refractivity contribution is -0.127. The van der Waals surface area contributed by atoms with Crippen LogP contribution in [-0.2, 0) is 9.53 Å². The van der Waals surface area contributed by atoms with Crippen molar-refractivity contribution in [2.45, 2.75) is 51.4 Å². The Morgan fingerprint density at radius 2 is 2.00 bits per heavy atom. The Labute approximate surface area is 114 Å². The van der Waals surface area contributed by atoms with Gasteiger partial charge >= 0.3 is 0 Å². The fourth-order valence-corrected chi connectivity index (χ4v) is 2.83. The minimum absolute atomic E-state index is 0.0581. The zero-order valence-corrected chi connectivity index (χ0v) is 12.0. The molecule has 1 saturated heterocycles. The number of rotatable bonds is 4. The molecule has 0 radical (unpaired) electrons. The van der Waals surface area contributed by atoms with Gasteiger partial charge in [0.25, 0.3) is 0 Å². The summed E-state index contributed by atoms with van der Waals surface area (Å²) in [4.78, 5) is 14.2. The minimum atomic E-state index is -0.694. The molecule has 19 heavy (non-hydrogen) atoms. The summed E-state index contributed by atoms with van der Waals surface area (Å²) in [6, 6.07) is 2.25. The molecule has 0 aromatic heterocycles. The number of nitrogens with zero attached hydrogens (tertiary/aromatic N) is 2. The molecule has 2 fully saturated rings. The standard InChI is InChI=1S/C14H23N3O2/c1-10-6-17(7-11(2)19-10)8-13(18)16-14(3,9-15)12-4-5-12/h10-12H,4-8H2,1-3H3,(H,16,18)/t10-,11+,14-/m1/s1. The van der Waals surface area contributed by atoms with E-state index in [9.17, 15) is 10.1 Å². The Balaban J connectivity index is 1.85. The zero-order valence-electron chi connectivity index (χ0n) is 12.0. The number of amides is 1. The molecule has 1 heterocycles. The summed E-state index contributed by atoms with van der Waals surface area (Å²) < 4.78 is 5.64. The SMILES string of the molecule is C[C@@H]1CN(CC(=O)N[C@](C)(C#N)C2CC2)C[C@H](C)O1. The number of nitriles is 1. The molecule has 0 spiro atoms. The van der Waals surface area contributed by atoms with Gasteiger partial charge in [0.15, 0.2) is 0 Å². The summed E-state index contributed by atoms with van der Waals surface area (Å²) in [6.45, 7) is 7.75. The van der Waals surface area contributed by atoms with Crippen molar-refractivity contribution in [3.8, 4) is 6.07 Å². The van der Waals surface area contributed by atoms with E-state index in [0.717, 1.165) is 25.9 Å². The van der Waals surface area contributed by atoms with E-state index >= 15 is 0 Å². The molecule has 0 bridgehead atoms. The lowest BCUT2D eigenvalue weighted by Crippen LogP contribution is -2.53. The van der Waals surface area contributed by atoms with Crippen LogP contribution in [0.5, 0.6) is 0 Å². The van der Waals surface area contributed by atoms with Crippen LogP contribution in [0.3, 0.4) is 0 Å². The fraction of sp³-hybridized carbons (Fsp3) is 0.857. The second kappa shape index (κ2) is 5.48. The molecular formula is C14H23N3O2. The molecule has 1 amide bonds. The van der Waals surface area contributed by atoms with Crippen LogP contribution < -0.4 is 5.32 Å². The Bertz CT molecular complexity index is 379. The summed E-state index contributed by atoms with van der Waals surface area (Å²) in [7, 11) is 0. The van der Waals surface area contributed by atoms with Crippen molar-refractivity contribution in [2.24, 2.45) is 5.92 Å². The molecule has 1 aliphatic heterocycles. The molecule has 2 aliphatic rings. The van der Waals surface area contributed by atoms with Gasteiger partial charge in [0.05, 0.1) is 24.8 Å². The number of nitrogens with one attached hydrogen (secondary N) is 1. The fourth-order valence-electron chi connectivity index (χ4n) is 2.83. The van der Waals surface area contributed by atoms with Crippen LogP contribution in [0.1, 0.15) is 33.6 Å². The van der Waals surface area contributed by atoms with Crippen LogP contribution in [0.15, 0.2) is 0 Å². The summed E-state index contributed by atoms with van der Waals surface area (Å²) in [5, 5.41) is 12.1. The van der Waals surface area contributed by atoms with Crippen molar-refractivity contribution >= 4 is 5.91 Å². The average molecular weight is 265 g/mol. The maximum Gasteiger partial charge on any atom is 0.235 e. The van der Waals surface area contributed by atoms with Crippen LogP contribution in [-0.4, -0.2) is 48.2 Å². The number of hydrogen-bond donors (Lipinski definition) is 1. The molecule has 1 N–H and O–H groups in total. The lowest BCUT2D eigenvalue weighted by atomic mass is 9.98. The van der Waals surface area contributed by atoms with Gasteiger partial charge in [-0.15, -0.1) is 0 Å². The van der Waals surface area contributed by atoms with Crippen molar-refractivity contribution in [3.05, 3.63) is 0 Å². The Morgan fingerprint density at radius 1 is 1.42 bits per heavy atom. The summed E-state index contributed by atoms with van der Waals surface area (Å²) in [5.41, 5.74) is -0.694. The van der Waals surface area contributed by atoms with Crippen molar-refractivity contribution in [1.82, 2.24) is 10.2 Å². The molecule has 106 valence electrons. The van der Waals surface area contributed by atoms with Gasteiger partial charge in [-0.2, -0.15) is 5.26 Å². The van der Waals surface area contributed by atoms with Crippen molar-refractivity contribution in [2.75, 3.05) is 19.6 Å². The van der Waals surface area contributed by atoms with E-state index in [1.807, 2.05) is 20.8 Å². The summed E-state index contributed by atoms with van der Waals surface area (Å²) in [5.74, 6) is 0.265. The third kappa shape index (κ3) is 3.68. The topological polar surface area (TPSA) is 65.4 Å². The van der Waals surface area contributed by atoms with Gasteiger partial charge in [-0.3, -0.25) is 9.69 Å². The Morgan fingerprint density at radius 3 is 2.47 bits per heavy atom. The molecule has 5 heteroatoms. The number of morpholine rings is 1. The van der Waals surface area contributed by atoms with Gasteiger partial charge in [0, 0.05) is 13.1 Å². The first-order valence-corrected chi connectivity index (χ1v) is 7.03. The first-order valence-electron chi connectivity index (χ1n) is 7.03. The van der Waals surface area contributed by atoms with Crippen LogP contribution in [0.2, 0.25) is 0 Å². The van der Waals surface area contributed by atoms with E-state index in [0.29, 0.717) is 12.5 Å². The van der Waals surface area contributed by atoms with Crippen molar-refractivity contribution in [1.29, 1.82) is 5.26 Å². The second-order valence-electron chi connectivity index (χ2n) is 6.09. The van der Waals surface area contributed by atoms with Crippen LogP contribution >= 0.6 is 0 Å². The highest BCUT2D eigenvalue weighted by atomic mass is 16.5. The molecule has 1 aliphatic carbocycles. The van der Waals surface area contributed by atoms with Crippen LogP contribution in [0, 0.1) is 17.2 Å². The predicted octanol–water partition coefficient (Wildman–Crippen LogP) is 0.904. The van der Waals surface area contributed by atoms with E-state index in [2.05, 4.69) is 16.3 Å². The average Bonchev–Trinajstić information content (AvgIpc) is 3.10. The van der Waals surface area contributed by atoms with Gasteiger partial charge in [-0.1, -0.05) is 0 Å². The van der Waals surface area contributed by atoms with Crippen LogP contribution in [0.25, 0.3) is 0 Å². The molecular weight excluding hydrogens is 242 g/mol. The van der Waals surface area contributed by atoms with Crippen molar-refractivity contribution in [3.63, 3.8) is 0 Å². The Hall–Kier alpha value is -1.12. The number of carbonyl (C=O) groups excluding carboxylic acids is 1. The van der Waals surface area contributed by atoms with E-state index < -0.39 is 5.54 Å². The summed E-state index contributed by atoms with van der Waals surface area (Å²) >= 11 is 0. The van der Waals surface area contributed by atoms with E-state index in [-0.39, 0.29) is 18.1 Å². The molecule has 2 rings (SSSR count). The first-order chi connectivity index (χ1) is 8.93. The maximum atomic E-state index is 12.1. The van der Waals surface area contributed by atoms with Crippen molar-refractivity contribution < 1.29 is 9.53 Å². The molecule has 5 nitrogen and oxygen atoms in total. The number of carbonyl (C=O) groups is 1. The van der Waals surface area contributed by atoms with Gasteiger partial charge in [0.1, 0.15) is 5.54 Å². The number of hydrogen-bond acceptors (Lipinski definition) is 4. The highest BCUT2D eigenvalue weighted by molar-refractivity contribution is 5.79. The smallest absolute Gasteiger partial charge is 0.235 e. The third-order valence-corrected chi connectivity index (χ3v) is 3.89. The first kappa shape index (κ1) is 14.3. The molecule has 0 aromatic carbocycles. The van der Waals surface area contributed by atoms with Crippen LogP contribution in [0.4, 0.5) is 0 Å². The van der Waals surface area contributed by atoms with Gasteiger partial charge in [-0.05, 0) is 39.5 Å². The van der Waals surface area contributed by atoms with Gasteiger partial charge in [0.2, 0.25) is 5.91 Å². The monoisotopic (exact) mass is 265 g/mol. The van der Waals surface area contributed by atoms with E-state index in [1.165, 1.54) is 0 Å². The lowest BCUT2D eigenvalue weighted by Gasteiger charge is -2.35. The zero-order chi connectivity index (χ0) is 14.0. The third-order valence-electron chi connectivity index (χ3n) is 3.89. The van der Waals surface area contributed by atoms with Gasteiger partial charge in [-0.25, -0.2) is 0 Å². The molecule has 3 atom stereocenters. The largest absolute Gasteiger partial charge is 0.373 e. The second-order valence-corrected chi connectivity index (χ2v) is 6.09. The highest BCUT2D eigenvalue weighted by Gasteiger charge is 2.43. The quantitative estimate of drug-likeness (QED) is 0.820. The predicted molar refractivity (Wildman–Crippen MR) is 71.3 cm³/mol. The normalized spacial score (nSPS) is 31.3. The van der Waals surface area contributed by atoms with Gasteiger partial charge < -0.3 is 10.1 Å². The molecule has 1 saturated carbocycles. The minimum Gasteiger partial charge on any atom is -0.373 e.